The SMILES string of the molecule is CCCCCCCCCCC(=O)Oc1cc2c(cc1OC(=O)CCCCCCCCCC)-c1cc(OC(=O)CCCCCCCCCC)c(OC(=O)CCCCCCCCCC)cc1-c1cc(OC(=O)CCCCCCCCCC)c(OC(=O)CCCCCCCCCC)cc1-c1cc(OC(=O)CCCCCCCCCC)c(OC(=O)CCCCCCCCCC)cc1-2. The lowest BCUT2D eigenvalue weighted by Crippen LogP contribution is -2.15. The molecule has 1 aliphatic rings. The topological polar surface area (TPSA) is 210 Å². The average molecular weight is 1780 g/mol. The molecule has 4 aromatic rings. The largest absolute Gasteiger partial charge is 0.422 e. The summed E-state index contributed by atoms with van der Waals surface area (Å²) in [4.78, 5) is 118. The molecule has 0 saturated heterocycles. The smallest absolute Gasteiger partial charge is 0.311 e. The lowest BCUT2D eigenvalue weighted by atomic mass is 9.80. The highest BCUT2D eigenvalue weighted by Gasteiger charge is 2.34. The molecule has 16 heteroatoms. The summed E-state index contributed by atoms with van der Waals surface area (Å²) in [5.74, 6) is -4.95. The van der Waals surface area contributed by atoms with E-state index < -0.39 is 47.8 Å². The number of ether oxygens (including phenoxy) is 8. The summed E-state index contributed by atoms with van der Waals surface area (Å²) in [6.07, 6.45) is 64.4. The minimum atomic E-state index is -0.547. The van der Waals surface area contributed by atoms with Gasteiger partial charge in [-0.15, -0.1) is 0 Å². The molecule has 0 aromatic heterocycles. The second kappa shape index (κ2) is 72.3. The highest BCUT2D eigenvalue weighted by atomic mass is 16.6. The van der Waals surface area contributed by atoms with Crippen molar-refractivity contribution in [1.29, 1.82) is 0 Å². The van der Waals surface area contributed by atoms with E-state index in [-0.39, 0.29) is 97.4 Å². The van der Waals surface area contributed by atoms with Crippen LogP contribution in [0.4, 0.5) is 0 Å². The van der Waals surface area contributed by atoms with E-state index in [4.69, 9.17) is 37.9 Å². The quantitative estimate of drug-likeness (QED) is 0.0201. The van der Waals surface area contributed by atoms with Crippen LogP contribution in [0, 0.1) is 0 Å². The third-order valence-corrected chi connectivity index (χ3v) is 25.2. The Hall–Kier alpha value is -7.36. The molecule has 0 unspecified atom stereocenters. The molecule has 0 fully saturated rings. The monoisotopic (exact) mass is 1780 g/mol. The van der Waals surface area contributed by atoms with E-state index in [2.05, 4.69) is 55.4 Å². The van der Waals surface area contributed by atoms with E-state index in [1.807, 2.05) is 0 Å². The number of benzene rings is 4. The van der Waals surface area contributed by atoms with Crippen LogP contribution in [0.3, 0.4) is 0 Å². The maximum absolute atomic E-state index is 14.8. The number of carbonyl (C=O) groups excluding carboxylic acids is 8. The first-order valence-electron chi connectivity index (χ1n) is 53.0. The van der Waals surface area contributed by atoms with E-state index in [0.717, 1.165) is 308 Å². The Bertz CT molecular complexity index is 2990. The van der Waals surface area contributed by atoms with E-state index in [9.17, 15) is 38.4 Å². The Balaban J connectivity index is 1.98. The van der Waals surface area contributed by atoms with Crippen LogP contribution in [0.15, 0.2) is 48.5 Å². The summed E-state index contributed by atoms with van der Waals surface area (Å²) in [7, 11) is 0. The Labute approximate surface area is 776 Å². The van der Waals surface area contributed by atoms with E-state index in [0.29, 0.717) is 95.9 Å². The van der Waals surface area contributed by atoms with Gasteiger partial charge < -0.3 is 37.9 Å². The van der Waals surface area contributed by atoms with Gasteiger partial charge in [-0.1, -0.05) is 415 Å². The molecule has 0 radical (unpaired) electrons. The van der Waals surface area contributed by atoms with Crippen molar-refractivity contribution in [3.05, 3.63) is 48.5 Å². The number of hydrogen-bond acceptors (Lipinski definition) is 16. The fourth-order valence-corrected chi connectivity index (χ4v) is 17.3. The molecule has 128 heavy (non-hydrogen) atoms. The molecular weight excluding hydrogens is 1600 g/mol. The maximum Gasteiger partial charge on any atom is 0.311 e. The van der Waals surface area contributed by atoms with Crippen molar-refractivity contribution in [3.8, 4) is 90.5 Å². The second-order valence-corrected chi connectivity index (χ2v) is 37.0. The van der Waals surface area contributed by atoms with Crippen LogP contribution in [-0.4, -0.2) is 47.8 Å². The number of hydrogen-bond donors (Lipinski definition) is 0. The van der Waals surface area contributed by atoms with Crippen molar-refractivity contribution in [2.45, 2.75) is 518 Å². The number of fused-ring (bicyclic) bond motifs is 8. The van der Waals surface area contributed by atoms with Crippen LogP contribution >= 0.6 is 0 Å². The highest BCUT2D eigenvalue weighted by Crippen LogP contribution is 2.57. The Morgan fingerprint density at radius 2 is 0.211 bits per heavy atom. The first-order chi connectivity index (χ1) is 62.6. The second-order valence-electron chi connectivity index (χ2n) is 37.0. The van der Waals surface area contributed by atoms with Crippen molar-refractivity contribution in [2.75, 3.05) is 0 Å². The molecule has 4 aromatic carbocycles. The third-order valence-electron chi connectivity index (χ3n) is 25.2. The first kappa shape index (κ1) is 111. The van der Waals surface area contributed by atoms with Gasteiger partial charge in [0, 0.05) is 51.4 Å². The summed E-state index contributed by atoms with van der Waals surface area (Å²) >= 11 is 0. The predicted molar refractivity (Wildman–Crippen MR) is 525 cm³/mol. The zero-order valence-electron chi connectivity index (χ0n) is 82.1. The van der Waals surface area contributed by atoms with Gasteiger partial charge in [-0.05, 0) is 144 Å². The zero-order valence-corrected chi connectivity index (χ0v) is 82.1. The fourth-order valence-electron chi connectivity index (χ4n) is 17.3. The molecule has 0 spiro atoms. The molecule has 0 bridgehead atoms. The molecule has 16 nitrogen and oxygen atoms in total. The van der Waals surface area contributed by atoms with Crippen molar-refractivity contribution >= 4 is 47.8 Å². The predicted octanol–water partition coefficient (Wildman–Crippen LogP) is 34.2. The van der Waals surface area contributed by atoms with Gasteiger partial charge in [-0.25, -0.2) is 0 Å². The summed E-state index contributed by atoms with van der Waals surface area (Å²) in [5, 5.41) is 0. The Morgan fingerprint density at radius 3 is 0.297 bits per heavy atom. The van der Waals surface area contributed by atoms with Gasteiger partial charge in [0.25, 0.3) is 0 Å². The third kappa shape index (κ3) is 48.2. The minimum Gasteiger partial charge on any atom is -0.422 e. The summed E-state index contributed by atoms with van der Waals surface area (Å²) in [6, 6.07) is 13.3. The molecule has 720 valence electrons. The molecule has 0 atom stereocenters. The molecule has 0 heterocycles. The zero-order chi connectivity index (χ0) is 92.1. The number of esters is 8. The van der Waals surface area contributed by atoms with Gasteiger partial charge in [-0.2, -0.15) is 0 Å². The first-order valence-corrected chi connectivity index (χ1v) is 53.0. The van der Waals surface area contributed by atoms with Crippen LogP contribution in [0.25, 0.3) is 44.5 Å². The van der Waals surface area contributed by atoms with Crippen LogP contribution < -0.4 is 37.9 Å². The van der Waals surface area contributed by atoms with Crippen molar-refractivity contribution in [1.82, 2.24) is 0 Å². The maximum atomic E-state index is 14.8. The van der Waals surface area contributed by atoms with E-state index in [1.165, 1.54) is 51.4 Å². The molecule has 5 rings (SSSR count). The van der Waals surface area contributed by atoms with Crippen molar-refractivity contribution in [2.24, 2.45) is 0 Å². The summed E-state index contributed by atoms with van der Waals surface area (Å²) in [6.45, 7) is 17.6. The van der Waals surface area contributed by atoms with Gasteiger partial charge in [0.1, 0.15) is 0 Å². The summed E-state index contributed by atoms with van der Waals surface area (Å²) < 4.78 is 52.6. The average Bonchev–Trinajstić information content (AvgIpc) is 0.723. The van der Waals surface area contributed by atoms with Gasteiger partial charge in [0.2, 0.25) is 0 Å². The standard InChI is InChI=1S/C112H176O16/c1-9-17-25-33-41-49-57-65-73-105(113)121-97-81-89-90(82-98(97)122-106(114)74-66-58-50-42-34-26-18-10-2)92-84-100(124-108(116)76-68-60-52-44-36-28-20-12-4)102(126-110(118)78-70-62-54-46-38-30-22-14-6)86-94(92)96-88-104(128-112(120)80-72-64-56-48-40-32-24-16-8)103(127-111(119)79-71-63-55-47-39-31-23-15-7)87-95(96)93-85-101(125-109(117)77-69-61-53-45-37-29-21-13-5)99(83-91(89)93)123-107(115)75-67-59-51-43-35-27-19-11-3/h81-88H,9-80H2,1-8H3. The highest BCUT2D eigenvalue weighted by molar-refractivity contribution is 6.07. The lowest BCUT2D eigenvalue weighted by Gasteiger charge is -2.27. The van der Waals surface area contributed by atoms with E-state index >= 15 is 0 Å². The molecule has 1 aliphatic carbocycles. The summed E-state index contributed by atoms with van der Waals surface area (Å²) in [5.41, 5.74) is 2.72. The number of carbonyl (C=O) groups is 8. The Kier molecular flexibility index (Phi) is 62.8. The van der Waals surface area contributed by atoms with Gasteiger partial charge in [-0.3, -0.25) is 38.4 Å². The fraction of sp³-hybridized carbons (Fsp3) is 0.714. The molecule has 0 N–H and O–H groups in total. The van der Waals surface area contributed by atoms with Crippen molar-refractivity contribution in [3.63, 3.8) is 0 Å². The minimum absolute atomic E-state index is 0.0674. The van der Waals surface area contributed by atoms with Gasteiger partial charge in [0.05, 0.1) is 0 Å². The molecule has 0 saturated carbocycles. The van der Waals surface area contributed by atoms with Gasteiger partial charge >= 0.3 is 47.8 Å². The normalized spacial score (nSPS) is 11.4. The lowest BCUT2D eigenvalue weighted by molar-refractivity contribution is -0.137. The number of rotatable bonds is 80. The molecule has 0 aliphatic heterocycles. The van der Waals surface area contributed by atoms with Gasteiger partial charge in [0.15, 0.2) is 46.0 Å². The van der Waals surface area contributed by atoms with Crippen LogP contribution in [0.5, 0.6) is 46.0 Å². The van der Waals surface area contributed by atoms with Crippen LogP contribution in [0.2, 0.25) is 0 Å². The van der Waals surface area contributed by atoms with Crippen LogP contribution in [0.1, 0.15) is 518 Å². The van der Waals surface area contributed by atoms with Crippen molar-refractivity contribution < 1.29 is 76.3 Å². The number of unbranched alkanes of at least 4 members (excludes halogenated alkanes) is 56. The molecular formula is C112H176O16. The van der Waals surface area contributed by atoms with Crippen LogP contribution in [-0.2, 0) is 38.4 Å². The molecule has 0 amide bonds. The Morgan fingerprint density at radius 1 is 0.133 bits per heavy atom. The van der Waals surface area contributed by atoms with E-state index in [1.54, 1.807) is 48.5 Å².